The lowest BCUT2D eigenvalue weighted by molar-refractivity contribution is -0.124. The lowest BCUT2D eigenvalue weighted by atomic mass is 10.1. The second-order valence-electron chi connectivity index (χ2n) is 5.04. The quantitative estimate of drug-likeness (QED) is 0.598. The molecule has 0 radical (unpaired) electrons. The molecule has 1 aromatic rings. The van der Waals surface area contributed by atoms with Crippen molar-refractivity contribution in [2.75, 3.05) is 13.2 Å². The van der Waals surface area contributed by atoms with Gasteiger partial charge >= 0.3 is 0 Å². The maximum Gasteiger partial charge on any atom is 0.237 e. The first-order valence-electron chi connectivity index (χ1n) is 7.04. The largest absolute Gasteiger partial charge is 0.355 e. The van der Waals surface area contributed by atoms with Crippen LogP contribution in [0.15, 0.2) is 30.3 Å². The fourth-order valence-electron chi connectivity index (χ4n) is 2.31. The summed E-state index contributed by atoms with van der Waals surface area (Å²) in [4.78, 5) is 24.5. The molecule has 0 saturated carbocycles. The van der Waals surface area contributed by atoms with Crippen molar-refractivity contribution in [2.24, 2.45) is 0 Å². The van der Waals surface area contributed by atoms with Crippen molar-refractivity contribution in [3.05, 3.63) is 35.9 Å². The van der Waals surface area contributed by atoms with Gasteiger partial charge in [0.1, 0.15) is 0 Å². The summed E-state index contributed by atoms with van der Waals surface area (Å²) in [7, 11) is 0. The van der Waals surface area contributed by atoms with Gasteiger partial charge in [-0.25, -0.2) is 0 Å². The maximum absolute atomic E-state index is 11.8. The number of amides is 2. The Labute approximate surface area is 119 Å². The van der Waals surface area contributed by atoms with Gasteiger partial charge in [0.15, 0.2) is 0 Å². The fraction of sp³-hybridized carbons (Fsp3) is 0.467. The van der Waals surface area contributed by atoms with Gasteiger partial charge in [0.25, 0.3) is 0 Å². The van der Waals surface area contributed by atoms with Crippen molar-refractivity contribution in [2.45, 2.75) is 31.8 Å². The number of carbonyl (C=O) groups is 2. The zero-order valence-electron chi connectivity index (χ0n) is 11.5. The van der Waals surface area contributed by atoms with Gasteiger partial charge in [0.2, 0.25) is 12.3 Å². The molecule has 1 unspecified atom stereocenters. The van der Waals surface area contributed by atoms with Crippen molar-refractivity contribution in [3.8, 4) is 0 Å². The number of carbonyl (C=O) groups excluding carboxylic acids is 2. The molecule has 1 atom stereocenters. The second-order valence-corrected chi connectivity index (χ2v) is 5.04. The molecule has 1 aliphatic heterocycles. The Morgan fingerprint density at radius 1 is 1.30 bits per heavy atom. The molecule has 0 spiro atoms. The van der Waals surface area contributed by atoms with Gasteiger partial charge in [-0.2, -0.15) is 0 Å². The third-order valence-electron chi connectivity index (χ3n) is 3.45. The Bertz CT molecular complexity index is 436. The van der Waals surface area contributed by atoms with Crippen LogP contribution in [0.3, 0.4) is 0 Å². The highest BCUT2D eigenvalue weighted by molar-refractivity contribution is 5.81. The van der Waals surface area contributed by atoms with Crippen LogP contribution in [0.4, 0.5) is 0 Å². The molecule has 1 fully saturated rings. The monoisotopic (exact) mass is 275 g/mol. The van der Waals surface area contributed by atoms with Crippen LogP contribution in [0.2, 0.25) is 0 Å². The van der Waals surface area contributed by atoms with Gasteiger partial charge in [0, 0.05) is 13.1 Å². The Kier molecular flexibility index (Phi) is 5.55. The molecule has 1 saturated heterocycles. The minimum atomic E-state index is -0.198. The van der Waals surface area contributed by atoms with Crippen LogP contribution in [-0.4, -0.2) is 36.5 Å². The molecular weight excluding hydrogens is 254 g/mol. The van der Waals surface area contributed by atoms with E-state index >= 15 is 0 Å². The SMILES string of the molecule is O=CN(CNC1CCCCNC1=O)Cc1ccccc1. The van der Waals surface area contributed by atoms with Crippen molar-refractivity contribution in [3.63, 3.8) is 0 Å². The number of hydrogen-bond donors (Lipinski definition) is 2. The normalized spacial score (nSPS) is 19.0. The van der Waals surface area contributed by atoms with Crippen LogP contribution < -0.4 is 10.6 Å². The van der Waals surface area contributed by atoms with Crippen LogP contribution in [0.5, 0.6) is 0 Å². The molecule has 1 aromatic carbocycles. The van der Waals surface area contributed by atoms with Gasteiger partial charge in [-0.05, 0) is 24.8 Å². The van der Waals surface area contributed by atoms with E-state index in [1.807, 2.05) is 30.3 Å². The molecule has 2 amide bonds. The highest BCUT2D eigenvalue weighted by atomic mass is 16.2. The minimum Gasteiger partial charge on any atom is -0.355 e. The number of nitrogens with zero attached hydrogens (tertiary/aromatic N) is 1. The summed E-state index contributed by atoms with van der Waals surface area (Å²) in [6, 6.07) is 9.61. The number of nitrogens with one attached hydrogen (secondary N) is 2. The van der Waals surface area contributed by atoms with Crippen LogP contribution in [-0.2, 0) is 16.1 Å². The molecule has 108 valence electrons. The van der Waals surface area contributed by atoms with E-state index in [0.717, 1.165) is 37.8 Å². The smallest absolute Gasteiger partial charge is 0.237 e. The maximum atomic E-state index is 11.8. The summed E-state index contributed by atoms with van der Waals surface area (Å²) in [6.45, 7) is 1.68. The topological polar surface area (TPSA) is 61.4 Å². The highest BCUT2D eigenvalue weighted by Crippen LogP contribution is 2.06. The second kappa shape index (κ2) is 7.65. The summed E-state index contributed by atoms with van der Waals surface area (Å²) >= 11 is 0. The molecule has 0 aliphatic carbocycles. The predicted molar refractivity (Wildman–Crippen MR) is 76.7 cm³/mol. The van der Waals surface area contributed by atoms with E-state index in [4.69, 9.17) is 0 Å². The lowest BCUT2D eigenvalue weighted by Crippen LogP contribution is -2.46. The van der Waals surface area contributed by atoms with Crippen molar-refractivity contribution >= 4 is 12.3 Å². The molecule has 20 heavy (non-hydrogen) atoms. The standard InChI is InChI=1S/C15H21N3O2/c19-12-18(10-13-6-2-1-3-7-13)11-17-14-8-4-5-9-16-15(14)20/h1-3,6-7,12,14,17H,4-5,8-11H2,(H,16,20). The number of benzene rings is 1. The molecule has 0 aromatic heterocycles. The van der Waals surface area contributed by atoms with E-state index in [2.05, 4.69) is 10.6 Å². The third kappa shape index (κ3) is 4.35. The highest BCUT2D eigenvalue weighted by Gasteiger charge is 2.20. The first kappa shape index (κ1) is 14.5. The van der Waals surface area contributed by atoms with Crippen molar-refractivity contribution < 1.29 is 9.59 Å². The van der Waals surface area contributed by atoms with Gasteiger partial charge in [-0.3, -0.25) is 14.9 Å². The Morgan fingerprint density at radius 3 is 2.85 bits per heavy atom. The fourth-order valence-corrected chi connectivity index (χ4v) is 2.31. The van der Waals surface area contributed by atoms with Crippen LogP contribution in [0.1, 0.15) is 24.8 Å². The van der Waals surface area contributed by atoms with Crippen molar-refractivity contribution in [1.82, 2.24) is 15.5 Å². The summed E-state index contributed by atoms with van der Waals surface area (Å²) in [6.07, 6.45) is 3.68. The molecule has 2 N–H and O–H groups in total. The van der Waals surface area contributed by atoms with Crippen LogP contribution in [0, 0.1) is 0 Å². The summed E-state index contributed by atoms with van der Waals surface area (Å²) in [5.41, 5.74) is 1.08. The van der Waals surface area contributed by atoms with Gasteiger partial charge in [-0.1, -0.05) is 30.3 Å². The predicted octanol–water partition coefficient (Wildman–Crippen LogP) is 0.861. The van der Waals surface area contributed by atoms with E-state index < -0.39 is 0 Å². The average Bonchev–Trinajstić information content (AvgIpc) is 2.69. The van der Waals surface area contributed by atoms with Crippen LogP contribution in [0.25, 0.3) is 0 Å². The van der Waals surface area contributed by atoms with Crippen LogP contribution >= 0.6 is 0 Å². The summed E-state index contributed by atoms with van der Waals surface area (Å²) in [5.74, 6) is 0.0352. The molecule has 1 aliphatic rings. The minimum absolute atomic E-state index is 0.0352. The number of rotatable bonds is 6. The van der Waals surface area contributed by atoms with Gasteiger partial charge in [-0.15, -0.1) is 0 Å². The molecule has 2 rings (SSSR count). The molecule has 5 heteroatoms. The Balaban J connectivity index is 1.84. The zero-order valence-corrected chi connectivity index (χ0v) is 11.5. The van der Waals surface area contributed by atoms with E-state index in [1.54, 1.807) is 4.90 Å². The molecule has 5 nitrogen and oxygen atoms in total. The molecule has 0 bridgehead atoms. The Hall–Kier alpha value is -1.88. The Morgan fingerprint density at radius 2 is 2.10 bits per heavy atom. The summed E-state index contributed by atoms with van der Waals surface area (Å²) < 4.78 is 0. The number of hydrogen-bond acceptors (Lipinski definition) is 3. The summed E-state index contributed by atoms with van der Waals surface area (Å²) in [5, 5.41) is 6.04. The van der Waals surface area contributed by atoms with Crippen molar-refractivity contribution in [1.29, 1.82) is 0 Å². The van der Waals surface area contributed by atoms with Gasteiger partial charge in [0.05, 0.1) is 12.7 Å². The molecule has 1 heterocycles. The van der Waals surface area contributed by atoms with E-state index in [9.17, 15) is 9.59 Å². The third-order valence-corrected chi connectivity index (χ3v) is 3.45. The van der Waals surface area contributed by atoms with E-state index in [0.29, 0.717) is 13.2 Å². The zero-order chi connectivity index (χ0) is 14.2. The lowest BCUT2D eigenvalue weighted by Gasteiger charge is -2.22. The van der Waals surface area contributed by atoms with Gasteiger partial charge < -0.3 is 10.2 Å². The first-order valence-corrected chi connectivity index (χ1v) is 7.04. The molecular formula is C15H21N3O2. The van der Waals surface area contributed by atoms with E-state index in [1.165, 1.54) is 0 Å². The first-order chi connectivity index (χ1) is 9.79. The average molecular weight is 275 g/mol. The van der Waals surface area contributed by atoms with E-state index in [-0.39, 0.29) is 11.9 Å².